The molecule has 0 fully saturated rings. The average Bonchev–Trinajstić information content (AvgIpc) is 2.81. The smallest absolute Gasteiger partial charge is 0.254 e. The highest BCUT2D eigenvalue weighted by Gasteiger charge is 2.18. The normalized spacial score (nSPS) is 12.5. The lowest BCUT2D eigenvalue weighted by Crippen LogP contribution is -2.36. The van der Waals surface area contributed by atoms with Crippen molar-refractivity contribution in [1.82, 2.24) is 15.1 Å². The molecule has 0 bridgehead atoms. The van der Waals surface area contributed by atoms with Gasteiger partial charge in [0.05, 0.1) is 23.1 Å². The highest BCUT2D eigenvalue weighted by atomic mass is 79.9. The van der Waals surface area contributed by atoms with Gasteiger partial charge in [0, 0.05) is 10.5 Å². The quantitative estimate of drug-likeness (QED) is 0.914. The van der Waals surface area contributed by atoms with Crippen LogP contribution in [0.1, 0.15) is 36.8 Å². The summed E-state index contributed by atoms with van der Waals surface area (Å²) < 4.78 is 2.79. The van der Waals surface area contributed by atoms with Gasteiger partial charge < -0.3 is 5.32 Å². The number of carbonyl (C=O) groups excluding carboxylic acids is 1. The van der Waals surface area contributed by atoms with Crippen LogP contribution in [0.3, 0.4) is 0 Å². The number of nitrogens with one attached hydrogen (secondary N) is 1. The molecule has 0 spiro atoms. The van der Waals surface area contributed by atoms with E-state index in [0.29, 0.717) is 11.5 Å². The molecule has 1 N–H and O–H groups in total. The number of aromatic nitrogens is 2. The topological polar surface area (TPSA) is 46.9 Å². The molecule has 0 radical (unpaired) electrons. The van der Waals surface area contributed by atoms with E-state index in [-0.39, 0.29) is 11.9 Å². The lowest BCUT2D eigenvalue weighted by molar-refractivity contribution is 0.0930. The Hall–Kier alpha value is -1.62. The van der Waals surface area contributed by atoms with Crippen LogP contribution in [0, 0.1) is 12.8 Å². The van der Waals surface area contributed by atoms with E-state index in [9.17, 15) is 4.79 Å². The van der Waals surface area contributed by atoms with Crippen LogP contribution in [-0.4, -0.2) is 21.7 Å². The molecule has 1 amide bonds. The maximum Gasteiger partial charge on any atom is 0.254 e. The van der Waals surface area contributed by atoms with Crippen LogP contribution in [0.25, 0.3) is 5.69 Å². The number of rotatable bonds is 4. The molecule has 1 atom stereocenters. The molecule has 1 unspecified atom stereocenters. The van der Waals surface area contributed by atoms with Crippen molar-refractivity contribution in [2.45, 2.75) is 33.7 Å². The zero-order valence-electron chi connectivity index (χ0n) is 12.7. The molecule has 0 aliphatic carbocycles. The molecule has 0 aliphatic heterocycles. The monoisotopic (exact) mass is 349 g/mol. The Morgan fingerprint density at radius 3 is 2.43 bits per heavy atom. The van der Waals surface area contributed by atoms with E-state index >= 15 is 0 Å². The lowest BCUT2D eigenvalue weighted by Gasteiger charge is -2.17. The van der Waals surface area contributed by atoms with Crippen LogP contribution >= 0.6 is 15.9 Å². The molecular weight excluding hydrogens is 330 g/mol. The van der Waals surface area contributed by atoms with Gasteiger partial charge in [-0.15, -0.1) is 0 Å². The van der Waals surface area contributed by atoms with Crippen molar-refractivity contribution in [3.63, 3.8) is 0 Å². The third kappa shape index (κ3) is 3.53. The molecule has 2 aromatic rings. The van der Waals surface area contributed by atoms with Crippen LogP contribution in [0.4, 0.5) is 0 Å². The zero-order valence-corrected chi connectivity index (χ0v) is 14.3. The summed E-state index contributed by atoms with van der Waals surface area (Å²) >= 11 is 3.41. The summed E-state index contributed by atoms with van der Waals surface area (Å²) in [4.78, 5) is 12.3. The molecule has 1 aromatic heterocycles. The van der Waals surface area contributed by atoms with E-state index in [1.165, 1.54) is 0 Å². The maximum atomic E-state index is 12.3. The Bertz CT molecular complexity index is 631. The predicted molar refractivity (Wildman–Crippen MR) is 87.8 cm³/mol. The van der Waals surface area contributed by atoms with Crippen LogP contribution in [0.15, 0.2) is 34.9 Å². The van der Waals surface area contributed by atoms with Crippen molar-refractivity contribution in [3.8, 4) is 5.69 Å². The first-order valence-electron chi connectivity index (χ1n) is 7.01. The number of halogens is 1. The molecule has 1 heterocycles. The fraction of sp³-hybridized carbons (Fsp3) is 0.375. The van der Waals surface area contributed by atoms with Gasteiger partial charge in [0.25, 0.3) is 5.91 Å². The number of benzene rings is 1. The van der Waals surface area contributed by atoms with E-state index in [1.807, 2.05) is 38.1 Å². The molecule has 5 heteroatoms. The highest BCUT2D eigenvalue weighted by Crippen LogP contribution is 2.17. The molecule has 1 aromatic carbocycles. The van der Waals surface area contributed by atoms with Crippen molar-refractivity contribution in [2.75, 3.05) is 0 Å². The number of carbonyl (C=O) groups is 1. The van der Waals surface area contributed by atoms with Crippen molar-refractivity contribution in [3.05, 3.63) is 46.2 Å². The predicted octanol–water partition coefficient (Wildman–Crippen LogP) is 3.72. The first-order chi connectivity index (χ1) is 9.90. The first kappa shape index (κ1) is 15.8. The standard InChI is InChI=1S/C16H20BrN3O/c1-10(2)11(3)19-16(21)15-9-18-20(12(15)4)14-7-5-13(17)6-8-14/h5-11H,1-4H3,(H,19,21). The fourth-order valence-corrected chi connectivity index (χ4v) is 2.19. The summed E-state index contributed by atoms with van der Waals surface area (Å²) in [7, 11) is 0. The van der Waals surface area contributed by atoms with Crippen molar-refractivity contribution in [2.24, 2.45) is 5.92 Å². The summed E-state index contributed by atoms with van der Waals surface area (Å²) in [6, 6.07) is 7.96. The van der Waals surface area contributed by atoms with Crippen molar-refractivity contribution in [1.29, 1.82) is 0 Å². The van der Waals surface area contributed by atoms with Crippen LogP contribution < -0.4 is 5.32 Å². The Balaban J connectivity index is 2.24. The molecule has 0 saturated carbocycles. The summed E-state index contributed by atoms with van der Waals surface area (Å²) in [5, 5.41) is 7.34. The van der Waals surface area contributed by atoms with Crippen molar-refractivity contribution < 1.29 is 4.79 Å². The Morgan fingerprint density at radius 2 is 1.86 bits per heavy atom. The molecule has 2 rings (SSSR count). The van der Waals surface area contributed by atoms with Gasteiger partial charge in [0.2, 0.25) is 0 Å². The van der Waals surface area contributed by atoms with Gasteiger partial charge in [-0.05, 0) is 44.0 Å². The first-order valence-corrected chi connectivity index (χ1v) is 7.81. The molecular formula is C16H20BrN3O. The molecule has 0 saturated heterocycles. The number of nitrogens with zero attached hydrogens (tertiary/aromatic N) is 2. The van der Waals surface area contributed by atoms with Crippen molar-refractivity contribution >= 4 is 21.8 Å². The third-order valence-electron chi connectivity index (χ3n) is 3.68. The Morgan fingerprint density at radius 1 is 1.24 bits per heavy atom. The van der Waals surface area contributed by atoms with E-state index in [2.05, 4.69) is 40.2 Å². The van der Waals surface area contributed by atoms with Gasteiger partial charge >= 0.3 is 0 Å². The summed E-state index contributed by atoms with van der Waals surface area (Å²) in [6.45, 7) is 8.09. The van der Waals surface area contributed by atoms with E-state index in [4.69, 9.17) is 0 Å². The highest BCUT2D eigenvalue weighted by molar-refractivity contribution is 9.10. The van der Waals surface area contributed by atoms with E-state index in [0.717, 1.165) is 15.9 Å². The largest absolute Gasteiger partial charge is 0.349 e. The van der Waals surface area contributed by atoms with Crippen LogP contribution in [0.2, 0.25) is 0 Å². The minimum absolute atomic E-state index is 0.0722. The third-order valence-corrected chi connectivity index (χ3v) is 4.21. The molecule has 4 nitrogen and oxygen atoms in total. The van der Waals surface area contributed by atoms with E-state index < -0.39 is 0 Å². The lowest BCUT2D eigenvalue weighted by atomic mass is 10.1. The second kappa shape index (κ2) is 6.43. The van der Waals surface area contributed by atoms with Gasteiger partial charge in [-0.3, -0.25) is 4.79 Å². The molecule has 0 aliphatic rings. The summed E-state index contributed by atoms with van der Waals surface area (Å²) in [6.07, 6.45) is 1.62. The SMILES string of the molecule is Cc1c(C(=O)NC(C)C(C)C)cnn1-c1ccc(Br)cc1. The average molecular weight is 350 g/mol. The van der Waals surface area contributed by atoms with Gasteiger partial charge in [0.1, 0.15) is 0 Å². The Labute approximate surface area is 133 Å². The molecule has 112 valence electrons. The number of hydrogen-bond acceptors (Lipinski definition) is 2. The number of amides is 1. The zero-order chi connectivity index (χ0) is 15.6. The fourth-order valence-electron chi connectivity index (χ4n) is 1.93. The summed E-state index contributed by atoms with van der Waals surface area (Å²) in [5.74, 6) is 0.327. The van der Waals surface area contributed by atoms with Crippen LogP contribution in [-0.2, 0) is 0 Å². The second-order valence-corrected chi connectivity index (χ2v) is 6.45. The van der Waals surface area contributed by atoms with Crippen LogP contribution in [0.5, 0.6) is 0 Å². The number of hydrogen-bond donors (Lipinski definition) is 1. The second-order valence-electron chi connectivity index (χ2n) is 5.54. The van der Waals surface area contributed by atoms with Gasteiger partial charge in [-0.25, -0.2) is 4.68 Å². The van der Waals surface area contributed by atoms with E-state index in [1.54, 1.807) is 10.9 Å². The van der Waals surface area contributed by atoms with Gasteiger partial charge in [-0.2, -0.15) is 5.10 Å². The Kier molecular flexibility index (Phi) is 4.83. The van der Waals surface area contributed by atoms with Gasteiger partial charge in [-0.1, -0.05) is 29.8 Å². The maximum absolute atomic E-state index is 12.3. The van der Waals surface area contributed by atoms with Gasteiger partial charge in [0.15, 0.2) is 0 Å². The summed E-state index contributed by atoms with van der Waals surface area (Å²) in [5.41, 5.74) is 2.39. The minimum atomic E-state index is -0.0722. The molecule has 21 heavy (non-hydrogen) atoms. The minimum Gasteiger partial charge on any atom is -0.349 e.